The van der Waals surface area contributed by atoms with Crippen molar-refractivity contribution in [3.05, 3.63) is 48.0 Å². The van der Waals surface area contributed by atoms with Crippen LogP contribution >= 0.6 is 11.3 Å². The van der Waals surface area contributed by atoms with E-state index in [2.05, 4.69) is 28.6 Å². The van der Waals surface area contributed by atoms with Crippen LogP contribution in [-0.4, -0.2) is 22.9 Å². The fraction of sp³-hybridized carbons (Fsp3) is 0.211. The Morgan fingerprint density at radius 3 is 3.00 bits per heavy atom. The molecule has 1 atom stereocenters. The van der Waals surface area contributed by atoms with Gasteiger partial charge in [0.2, 0.25) is 5.91 Å². The maximum Gasteiger partial charge on any atom is 0.266 e. The molecule has 3 aromatic rings. The Balaban J connectivity index is 1.45. The van der Waals surface area contributed by atoms with E-state index in [0.717, 1.165) is 16.6 Å². The number of carbonyl (C=O) groups is 2. The van der Waals surface area contributed by atoms with Gasteiger partial charge in [-0.15, -0.1) is 0 Å². The smallest absolute Gasteiger partial charge is 0.266 e. The number of nitrogens with zero attached hydrogens (tertiary/aromatic N) is 1. The molecule has 2 aromatic carbocycles. The number of amides is 2. The van der Waals surface area contributed by atoms with Gasteiger partial charge in [0, 0.05) is 0 Å². The highest BCUT2D eigenvalue weighted by atomic mass is 32.1. The summed E-state index contributed by atoms with van der Waals surface area (Å²) >= 11 is 1.42. The van der Waals surface area contributed by atoms with Gasteiger partial charge in [0.05, 0.1) is 22.3 Å². The van der Waals surface area contributed by atoms with Crippen molar-refractivity contribution in [1.82, 2.24) is 4.98 Å². The number of carbonyl (C=O) groups excluding carboxylic acids is 2. The number of rotatable bonds is 4. The lowest BCUT2D eigenvalue weighted by Crippen LogP contribution is -2.39. The van der Waals surface area contributed by atoms with Gasteiger partial charge < -0.3 is 15.4 Å². The molecule has 6 nitrogen and oxygen atoms in total. The van der Waals surface area contributed by atoms with E-state index in [4.69, 9.17) is 4.74 Å². The van der Waals surface area contributed by atoms with Crippen molar-refractivity contribution >= 4 is 44.2 Å². The average molecular weight is 367 g/mol. The lowest BCUT2D eigenvalue weighted by Gasteiger charge is -2.25. The molecule has 0 radical (unpaired) electrons. The Morgan fingerprint density at radius 2 is 2.15 bits per heavy atom. The zero-order valence-electron chi connectivity index (χ0n) is 14.1. The van der Waals surface area contributed by atoms with E-state index in [0.29, 0.717) is 16.6 Å². The molecule has 0 saturated carbocycles. The van der Waals surface area contributed by atoms with Gasteiger partial charge in [0.1, 0.15) is 5.75 Å². The van der Waals surface area contributed by atoms with Crippen molar-refractivity contribution in [2.24, 2.45) is 0 Å². The summed E-state index contributed by atoms with van der Waals surface area (Å²) in [6.07, 6.45) is 0.0208. The van der Waals surface area contributed by atoms with Crippen LogP contribution in [-0.2, 0) is 16.0 Å². The van der Waals surface area contributed by atoms with Crippen molar-refractivity contribution in [1.29, 1.82) is 0 Å². The molecule has 0 fully saturated rings. The Labute approximate surface area is 154 Å². The van der Waals surface area contributed by atoms with Gasteiger partial charge in [-0.25, -0.2) is 4.98 Å². The molecule has 2 N–H and O–H groups in total. The highest BCUT2D eigenvalue weighted by molar-refractivity contribution is 7.22. The third kappa shape index (κ3) is 3.25. The van der Waals surface area contributed by atoms with Crippen LogP contribution in [0.3, 0.4) is 0 Å². The molecular weight excluding hydrogens is 350 g/mol. The summed E-state index contributed by atoms with van der Waals surface area (Å²) in [5.74, 6) is -0.0629. The van der Waals surface area contributed by atoms with Gasteiger partial charge in [-0.1, -0.05) is 36.5 Å². The predicted octanol–water partition coefficient (Wildman–Crippen LogP) is 3.59. The zero-order chi connectivity index (χ0) is 18.1. The molecule has 2 heterocycles. The van der Waals surface area contributed by atoms with Gasteiger partial charge in [-0.3, -0.25) is 9.59 Å². The van der Waals surface area contributed by atoms with Crippen LogP contribution in [0, 0.1) is 0 Å². The highest BCUT2D eigenvalue weighted by Gasteiger charge is 2.29. The van der Waals surface area contributed by atoms with Gasteiger partial charge in [0.15, 0.2) is 11.2 Å². The van der Waals surface area contributed by atoms with Crippen molar-refractivity contribution in [3.63, 3.8) is 0 Å². The first-order chi connectivity index (χ1) is 12.6. The maximum absolute atomic E-state index is 12.3. The quantitative estimate of drug-likeness (QED) is 0.738. The van der Waals surface area contributed by atoms with Crippen molar-refractivity contribution in [3.8, 4) is 5.75 Å². The number of hydrogen-bond acceptors (Lipinski definition) is 5. The van der Waals surface area contributed by atoms with Gasteiger partial charge in [-0.05, 0) is 36.2 Å². The Bertz CT molecular complexity index is 999. The largest absolute Gasteiger partial charge is 0.478 e. The second-order valence-electron chi connectivity index (χ2n) is 6.02. The second-order valence-corrected chi connectivity index (χ2v) is 7.05. The van der Waals surface area contributed by atoms with Gasteiger partial charge >= 0.3 is 0 Å². The Morgan fingerprint density at radius 1 is 1.31 bits per heavy atom. The number of thiazole rings is 1. The normalized spacial score (nSPS) is 15.9. The lowest BCUT2D eigenvalue weighted by molar-refractivity contribution is -0.128. The Kier molecular flexibility index (Phi) is 4.30. The van der Waals surface area contributed by atoms with Gasteiger partial charge in [-0.2, -0.15) is 0 Å². The van der Waals surface area contributed by atoms with Crippen LogP contribution in [0.2, 0.25) is 0 Å². The fourth-order valence-electron chi connectivity index (χ4n) is 2.81. The number of fused-ring (bicyclic) bond motifs is 2. The summed E-state index contributed by atoms with van der Waals surface area (Å²) in [6.45, 7) is 2.10. The molecule has 2 amide bonds. The van der Waals surface area contributed by atoms with Crippen molar-refractivity contribution in [2.75, 3.05) is 10.6 Å². The number of nitrogens with one attached hydrogen (secondary N) is 2. The summed E-state index contributed by atoms with van der Waals surface area (Å²) in [5, 5.41) is 6.05. The summed E-state index contributed by atoms with van der Waals surface area (Å²) in [5.41, 5.74) is 2.69. The summed E-state index contributed by atoms with van der Waals surface area (Å²) in [7, 11) is 0. The number of para-hydroxylation sites is 2. The second kappa shape index (κ2) is 6.76. The van der Waals surface area contributed by atoms with E-state index >= 15 is 0 Å². The van der Waals surface area contributed by atoms with Crippen LogP contribution in [0.4, 0.5) is 10.8 Å². The van der Waals surface area contributed by atoms with E-state index in [-0.39, 0.29) is 18.2 Å². The van der Waals surface area contributed by atoms with Crippen LogP contribution in [0.1, 0.15) is 18.9 Å². The minimum atomic E-state index is -0.856. The van der Waals surface area contributed by atoms with Gasteiger partial charge in [0.25, 0.3) is 5.91 Å². The van der Waals surface area contributed by atoms with Crippen molar-refractivity contribution < 1.29 is 14.3 Å². The molecule has 1 unspecified atom stereocenters. The number of aromatic nitrogens is 1. The van der Waals surface area contributed by atoms with E-state index < -0.39 is 6.10 Å². The third-order valence-corrected chi connectivity index (χ3v) is 5.12. The number of ether oxygens (including phenoxy) is 1. The standard InChI is InChI=1S/C19H17N3O3S/c1-2-11-7-8-13-16(9-11)26-19(21-13)22-17(23)10-15-18(24)20-12-5-3-4-6-14(12)25-15/h3-9,15H,2,10H2,1H3,(H,20,24)(H,21,22,23). The molecule has 0 spiro atoms. The van der Waals surface area contributed by atoms with Crippen LogP contribution < -0.4 is 15.4 Å². The lowest BCUT2D eigenvalue weighted by atomic mass is 10.1. The number of anilines is 2. The van der Waals surface area contributed by atoms with E-state index in [1.165, 1.54) is 16.9 Å². The first-order valence-corrected chi connectivity index (χ1v) is 9.20. The van der Waals surface area contributed by atoms with Crippen LogP contribution in [0.15, 0.2) is 42.5 Å². The van der Waals surface area contributed by atoms with E-state index in [1.807, 2.05) is 24.3 Å². The number of aryl methyl sites for hydroxylation is 1. The Hall–Kier alpha value is -2.93. The minimum absolute atomic E-state index is 0.0731. The molecule has 4 rings (SSSR count). The SMILES string of the molecule is CCc1ccc2nc(NC(=O)CC3Oc4ccccc4NC3=O)sc2c1. The number of hydrogen-bond donors (Lipinski definition) is 2. The first kappa shape index (κ1) is 16.5. The monoisotopic (exact) mass is 367 g/mol. The topological polar surface area (TPSA) is 80.3 Å². The molecular formula is C19H17N3O3S. The summed E-state index contributed by atoms with van der Waals surface area (Å²) in [4.78, 5) is 28.9. The molecule has 1 aromatic heterocycles. The summed E-state index contributed by atoms with van der Waals surface area (Å²) in [6, 6.07) is 13.2. The van der Waals surface area contributed by atoms with Crippen LogP contribution in [0.25, 0.3) is 10.2 Å². The maximum atomic E-state index is 12.3. The summed E-state index contributed by atoms with van der Waals surface area (Å²) < 4.78 is 6.68. The fourth-order valence-corrected chi connectivity index (χ4v) is 3.75. The van der Waals surface area contributed by atoms with Crippen LogP contribution in [0.5, 0.6) is 5.75 Å². The molecule has 0 saturated heterocycles. The molecule has 7 heteroatoms. The minimum Gasteiger partial charge on any atom is -0.478 e. The van der Waals surface area contributed by atoms with E-state index in [9.17, 15) is 9.59 Å². The average Bonchev–Trinajstić information content (AvgIpc) is 3.03. The molecule has 0 bridgehead atoms. The highest BCUT2D eigenvalue weighted by Crippen LogP contribution is 2.30. The molecule has 1 aliphatic rings. The predicted molar refractivity (Wildman–Crippen MR) is 102 cm³/mol. The molecule has 132 valence electrons. The number of benzene rings is 2. The zero-order valence-corrected chi connectivity index (χ0v) is 14.9. The molecule has 0 aliphatic carbocycles. The third-order valence-electron chi connectivity index (χ3n) is 4.18. The van der Waals surface area contributed by atoms with Crippen molar-refractivity contribution in [2.45, 2.75) is 25.9 Å². The van der Waals surface area contributed by atoms with E-state index in [1.54, 1.807) is 12.1 Å². The first-order valence-electron chi connectivity index (χ1n) is 8.38. The molecule has 26 heavy (non-hydrogen) atoms. The molecule has 1 aliphatic heterocycles.